The zero-order chi connectivity index (χ0) is 11.7. The van der Waals surface area contributed by atoms with Gasteiger partial charge in [-0.25, -0.2) is 4.79 Å². The number of unbranched alkanes of at least 4 members (excludes halogenated alkanes) is 1. The van der Waals surface area contributed by atoms with Crippen LogP contribution in [-0.2, 0) is 4.79 Å². The molecule has 88 valence electrons. The summed E-state index contributed by atoms with van der Waals surface area (Å²) in [7, 11) is 0. The molecule has 0 saturated heterocycles. The topological polar surface area (TPSA) is 60.8 Å². The molecule has 15 heavy (non-hydrogen) atoms. The first-order valence-electron chi connectivity index (χ1n) is 5.33. The van der Waals surface area contributed by atoms with Gasteiger partial charge in [-0.2, -0.15) is 0 Å². The van der Waals surface area contributed by atoms with Crippen LogP contribution in [0.15, 0.2) is 11.6 Å². The van der Waals surface area contributed by atoms with Crippen LogP contribution in [0, 0.1) is 0 Å². The van der Waals surface area contributed by atoms with Crippen LogP contribution >= 0.6 is 0 Å². The largest absolute Gasteiger partial charge is 0.478 e. The van der Waals surface area contributed by atoms with Gasteiger partial charge in [-0.15, -0.1) is 0 Å². The van der Waals surface area contributed by atoms with Crippen molar-refractivity contribution in [3.63, 3.8) is 0 Å². The molecule has 0 aliphatic heterocycles. The molecule has 0 heterocycles. The Morgan fingerprint density at radius 1 is 1.40 bits per heavy atom. The van der Waals surface area contributed by atoms with Gasteiger partial charge in [-0.1, -0.05) is 18.9 Å². The lowest BCUT2D eigenvalue weighted by molar-refractivity contribution is -0.131. The maximum atomic E-state index is 10.4. The number of aliphatic hydroxyl groups excluding tert-OH is 1. The van der Waals surface area contributed by atoms with Crippen molar-refractivity contribution >= 4 is 5.97 Å². The summed E-state index contributed by atoms with van der Waals surface area (Å²) in [6.45, 7) is 6.14. The molecule has 0 atom stereocenters. The van der Waals surface area contributed by atoms with E-state index in [0.29, 0.717) is 13.1 Å². The first-order chi connectivity index (χ1) is 7.10. The normalized spacial score (nSPS) is 12.1. The third-order valence-electron chi connectivity index (χ3n) is 2.09. The minimum absolute atomic E-state index is 0.115. The summed E-state index contributed by atoms with van der Waals surface area (Å²) in [6.07, 6.45) is 3.39. The fourth-order valence-corrected chi connectivity index (χ4v) is 1.40. The SMILES string of the molecule is CCCCN(CCO)CC(C)=CC(=O)O. The summed E-state index contributed by atoms with van der Waals surface area (Å²) in [6, 6.07) is 0. The molecule has 0 saturated carbocycles. The van der Waals surface area contributed by atoms with Gasteiger partial charge in [0.2, 0.25) is 0 Å². The van der Waals surface area contributed by atoms with E-state index in [2.05, 4.69) is 11.8 Å². The lowest BCUT2D eigenvalue weighted by Gasteiger charge is -2.21. The second kappa shape index (κ2) is 8.44. The van der Waals surface area contributed by atoms with Crippen molar-refractivity contribution in [3.8, 4) is 0 Å². The van der Waals surface area contributed by atoms with Crippen molar-refractivity contribution in [3.05, 3.63) is 11.6 Å². The standard InChI is InChI=1S/C11H21NO3/c1-3-4-5-12(6-7-13)9-10(2)8-11(14)15/h8,13H,3-7,9H2,1-2H3,(H,14,15). The molecular weight excluding hydrogens is 194 g/mol. The highest BCUT2D eigenvalue weighted by molar-refractivity contribution is 5.80. The maximum Gasteiger partial charge on any atom is 0.328 e. The second-order valence-corrected chi connectivity index (χ2v) is 3.68. The molecule has 0 aromatic rings. The average molecular weight is 215 g/mol. The predicted molar refractivity (Wildman–Crippen MR) is 59.8 cm³/mol. The smallest absolute Gasteiger partial charge is 0.328 e. The van der Waals surface area contributed by atoms with Gasteiger partial charge < -0.3 is 10.2 Å². The first kappa shape index (κ1) is 14.1. The van der Waals surface area contributed by atoms with Crippen molar-refractivity contribution < 1.29 is 15.0 Å². The monoisotopic (exact) mass is 215 g/mol. The number of carboxylic acids is 1. The van der Waals surface area contributed by atoms with Gasteiger partial charge in [0.25, 0.3) is 0 Å². The van der Waals surface area contributed by atoms with E-state index in [4.69, 9.17) is 10.2 Å². The number of rotatable bonds is 8. The molecule has 0 amide bonds. The van der Waals surface area contributed by atoms with Crippen molar-refractivity contribution in [2.75, 3.05) is 26.2 Å². The molecule has 0 fully saturated rings. The Hall–Kier alpha value is -0.870. The average Bonchev–Trinajstić information content (AvgIpc) is 2.13. The molecule has 0 unspecified atom stereocenters. The summed E-state index contributed by atoms with van der Waals surface area (Å²) in [4.78, 5) is 12.5. The highest BCUT2D eigenvalue weighted by atomic mass is 16.4. The number of carbonyl (C=O) groups is 1. The van der Waals surface area contributed by atoms with Crippen LogP contribution < -0.4 is 0 Å². The lowest BCUT2D eigenvalue weighted by atomic mass is 10.2. The zero-order valence-corrected chi connectivity index (χ0v) is 9.57. The van der Waals surface area contributed by atoms with Gasteiger partial charge in [-0.3, -0.25) is 4.90 Å². The van der Waals surface area contributed by atoms with Crippen molar-refractivity contribution in [2.24, 2.45) is 0 Å². The van der Waals surface area contributed by atoms with E-state index in [-0.39, 0.29) is 6.61 Å². The van der Waals surface area contributed by atoms with Crippen LogP contribution in [0.25, 0.3) is 0 Å². The number of aliphatic hydroxyl groups is 1. The van der Waals surface area contributed by atoms with Gasteiger partial charge >= 0.3 is 5.97 Å². The van der Waals surface area contributed by atoms with Gasteiger partial charge in [0.1, 0.15) is 0 Å². The van der Waals surface area contributed by atoms with Crippen LogP contribution in [0.3, 0.4) is 0 Å². The summed E-state index contributed by atoms with van der Waals surface area (Å²) in [5.74, 6) is -0.910. The van der Waals surface area contributed by atoms with Crippen LogP contribution in [0.5, 0.6) is 0 Å². The zero-order valence-electron chi connectivity index (χ0n) is 9.57. The maximum absolute atomic E-state index is 10.4. The third-order valence-corrected chi connectivity index (χ3v) is 2.09. The molecule has 0 aliphatic rings. The summed E-state index contributed by atoms with van der Waals surface area (Å²) >= 11 is 0. The van der Waals surface area contributed by atoms with Crippen LogP contribution in [0.2, 0.25) is 0 Å². The molecule has 4 heteroatoms. The Kier molecular flexibility index (Phi) is 7.95. The van der Waals surface area contributed by atoms with Crippen LogP contribution in [0.1, 0.15) is 26.7 Å². The van der Waals surface area contributed by atoms with E-state index >= 15 is 0 Å². The molecule has 0 bridgehead atoms. The van der Waals surface area contributed by atoms with Crippen molar-refractivity contribution in [1.29, 1.82) is 0 Å². The number of nitrogens with zero attached hydrogens (tertiary/aromatic N) is 1. The quantitative estimate of drug-likeness (QED) is 0.595. The van der Waals surface area contributed by atoms with E-state index in [1.54, 1.807) is 6.92 Å². The fourth-order valence-electron chi connectivity index (χ4n) is 1.40. The Labute approximate surface area is 91.2 Å². The van der Waals surface area contributed by atoms with E-state index in [9.17, 15) is 4.79 Å². The van der Waals surface area contributed by atoms with Gasteiger partial charge in [0.15, 0.2) is 0 Å². The minimum atomic E-state index is -0.910. The molecule has 2 N–H and O–H groups in total. The second-order valence-electron chi connectivity index (χ2n) is 3.68. The number of aliphatic carboxylic acids is 1. The fraction of sp³-hybridized carbons (Fsp3) is 0.727. The highest BCUT2D eigenvalue weighted by Crippen LogP contribution is 2.01. The summed E-state index contributed by atoms with van der Waals surface area (Å²) in [5, 5.41) is 17.4. The minimum Gasteiger partial charge on any atom is -0.478 e. The molecule has 0 aromatic heterocycles. The molecule has 0 aliphatic carbocycles. The number of hydrogen-bond acceptors (Lipinski definition) is 3. The predicted octanol–water partition coefficient (Wildman–Crippen LogP) is 1.11. The van der Waals surface area contributed by atoms with E-state index in [1.807, 2.05) is 0 Å². The van der Waals surface area contributed by atoms with E-state index in [0.717, 1.165) is 25.0 Å². The Morgan fingerprint density at radius 3 is 2.53 bits per heavy atom. The molecule has 0 rings (SSSR count). The molecule has 0 spiro atoms. The van der Waals surface area contributed by atoms with Crippen LogP contribution in [0.4, 0.5) is 0 Å². The molecule has 4 nitrogen and oxygen atoms in total. The Balaban J connectivity index is 4.08. The molecule has 0 radical (unpaired) electrons. The Bertz CT molecular complexity index is 214. The van der Waals surface area contributed by atoms with Crippen molar-refractivity contribution in [2.45, 2.75) is 26.7 Å². The number of carboxylic acid groups (broad SMARTS) is 1. The molecule has 0 aromatic carbocycles. The van der Waals surface area contributed by atoms with Gasteiger partial charge in [0.05, 0.1) is 6.61 Å². The van der Waals surface area contributed by atoms with E-state index < -0.39 is 5.97 Å². The lowest BCUT2D eigenvalue weighted by Crippen LogP contribution is -2.29. The Morgan fingerprint density at radius 2 is 2.07 bits per heavy atom. The summed E-state index contributed by atoms with van der Waals surface area (Å²) in [5.41, 5.74) is 0.812. The number of hydrogen-bond donors (Lipinski definition) is 2. The summed E-state index contributed by atoms with van der Waals surface area (Å²) < 4.78 is 0. The van der Waals surface area contributed by atoms with Crippen LogP contribution in [-0.4, -0.2) is 47.3 Å². The molecular formula is C11H21NO3. The highest BCUT2D eigenvalue weighted by Gasteiger charge is 2.05. The third kappa shape index (κ3) is 8.15. The van der Waals surface area contributed by atoms with E-state index in [1.165, 1.54) is 6.08 Å². The van der Waals surface area contributed by atoms with Gasteiger partial charge in [-0.05, 0) is 19.9 Å². The first-order valence-corrected chi connectivity index (χ1v) is 5.33. The van der Waals surface area contributed by atoms with Gasteiger partial charge in [0, 0.05) is 19.2 Å². The van der Waals surface area contributed by atoms with Crippen molar-refractivity contribution in [1.82, 2.24) is 4.90 Å².